The number of hydrogen-bond acceptors (Lipinski definition) is 5. The summed E-state index contributed by atoms with van der Waals surface area (Å²) in [5.41, 5.74) is 1.60. The van der Waals surface area contributed by atoms with E-state index in [0.717, 1.165) is 10.6 Å². The zero-order chi connectivity index (χ0) is 22.0. The first kappa shape index (κ1) is 20.0. The van der Waals surface area contributed by atoms with E-state index in [1.54, 1.807) is 43.5 Å². The van der Waals surface area contributed by atoms with Crippen molar-refractivity contribution in [1.82, 2.24) is 9.88 Å². The van der Waals surface area contributed by atoms with Crippen LogP contribution >= 0.6 is 0 Å². The third-order valence-corrected chi connectivity index (χ3v) is 4.86. The van der Waals surface area contributed by atoms with Crippen molar-refractivity contribution in [2.45, 2.75) is 0 Å². The summed E-state index contributed by atoms with van der Waals surface area (Å²) in [7, 11) is 3.11. The van der Waals surface area contributed by atoms with Crippen molar-refractivity contribution in [3.63, 3.8) is 0 Å². The molecule has 0 atom stereocenters. The summed E-state index contributed by atoms with van der Waals surface area (Å²) in [6, 6.07) is 16.5. The number of anilines is 1. The summed E-state index contributed by atoms with van der Waals surface area (Å²) in [6.07, 6.45) is 3.27. The van der Waals surface area contributed by atoms with Crippen LogP contribution in [0.3, 0.4) is 0 Å². The molecule has 1 fully saturated rings. The lowest BCUT2D eigenvalue weighted by molar-refractivity contribution is -0.122. The van der Waals surface area contributed by atoms with Gasteiger partial charge in [-0.05, 0) is 66.7 Å². The minimum atomic E-state index is -0.803. The van der Waals surface area contributed by atoms with E-state index in [1.807, 2.05) is 35.0 Å². The number of imide groups is 2. The van der Waals surface area contributed by atoms with Crippen molar-refractivity contribution in [2.24, 2.45) is 0 Å². The van der Waals surface area contributed by atoms with E-state index in [9.17, 15) is 14.4 Å². The molecule has 1 saturated heterocycles. The van der Waals surface area contributed by atoms with Gasteiger partial charge < -0.3 is 14.0 Å². The number of carbonyl (C=O) groups is 3. The number of methoxy groups -OCH3 is 2. The first-order chi connectivity index (χ1) is 15.0. The average Bonchev–Trinajstić information content (AvgIpc) is 3.25. The molecule has 0 bridgehead atoms. The first-order valence-corrected chi connectivity index (χ1v) is 9.39. The summed E-state index contributed by atoms with van der Waals surface area (Å²) in [5, 5.41) is 2.23. The predicted octanol–water partition coefficient (Wildman–Crippen LogP) is 3.16. The summed E-state index contributed by atoms with van der Waals surface area (Å²) < 4.78 is 12.1. The molecule has 3 aromatic rings. The minimum Gasteiger partial charge on any atom is -0.497 e. The second-order valence-electron chi connectivity index (χ2n) is 6.66. The van der Waals surface area contributed by atoms with Crippen molar-refractivity contribution in [3.05, 3.63) is 78.1 Å². The molecular formula is C23H19N3O5. The molecule has 4 rings (SSSR count). The normalized spacial score (nSPS) is 15.2. The van der Waals surface area contributed by atoms with Gasteiger partial charge in [0.05, 0.1) is 19.9 Å². The lowest BCUT2D eigenvalue weighted by Crippen LogP contribution is -2.54. The molecule has 2 aromatic carbocycles. The third-order valence-electron chi connectivity index (χ3n) is 4.86. The standard InChI is InChI=1S/C23H19N3O5/c1-30-18-9-5-15(6-10-18)25-13-3-4-17(25)14-20-21(27)24-23(29)26(22(20)28)16-7-11-19(31-2)12-8-16/h3-14H,1-2H3,(H,24,27,29)/b20-14+. The van der Waals surface area contributed by atoms with Crippen LogP contribution < -0.4 is 19.7 Å². The van der Waals surface area contributed by atoms with Crippen LogP contribution in [0, 0.1) is 0 Å². The Kier molecular flexibility index (Phi) is 5.28. The van der Waals surface area contributed by atoms with Crippen LogP contribution in [0.5, 0.6) is 11.5 Å². The van der Waals surface area contributed by atoms with E-state index < -0.39 is 17.8 Å². The minimum absolute atomic E-state index is 0.149. The quantitative estimate of drug-likeness (QED) is 0.509. The molecule has 1 aromatic heterocycles. The van der Waals surface area contributed by atoms with Crippen LogP contribution in [0.2, 0.25) is 0 Å². The number of barbiturate groups is 1. The fourth-order valence-electron chi connectivity index (χ4n) is 3.26. The fourth-order valence-corrected chi connectivity index (χ4v) is 3.26. The molecule has 0 radical (unpaired) electrons. The lowest BCUT2D eigenvalue weighted by atomic mass is 10.1. The highest BCUT2D eigenvalue weighted by atomic mass is 16.5. The fraction of sp³-hybridized carbons (Fsp3) is 0.0870. The Morgan fingerprint density at radius 1 is 0.806 bits per heavy atom. The topological polar surface area (TPSA) is 89.9 Å². The van der Waals surface area contributed by atoms with Crippen LogP contribution in [0.4, 0.5) is 10.5 Å². The molecule has 8 nitrogen and oxygen atoms in total. The zero-order valence-electron chi connectivity index (χ0n) is 16.9. The molecular weight excluding hydrogens is 398 g/mol. The molecule has 156 valence electrons. The van der Waals surface area contributed by atoms with Gasteiger partial charge >= 0.3 is 6.03 Å². The number of amides is 4. The molecule has 0 saturated carbocycles. The maximum Gasteiger partial charge on any atom is 0.335 e. The van der Waals surface area contributed by atoms with Gasteiger partial charge in [-0.15, -0.1) is 0 Å². The molecule has 0 unspecified atom stereocenters. The molecule has 1 aliphatic rings. The Bertz CT molecular complexity index is 1180. The van der Waals surface area contributed by atoms with Crippen molar-refractivity contribution >= 4 is 29.6 Å². The molecule has 31 heavy (non-hydrogen) atoms. The Morgan fingerprint density at radius 2 is 1.39 bits per heavy atom. The smallest absolute Gasteiger partial charge is 0.335 e. The molecule has 2 heterocycles. The number of carbonyl (C=O) groups excluding carboxylic acids is 3. The Hall–Kier alpha value is -4.33. The SMILES string of the molecule is COc1ccc(N2C(=O)NC(=O)/C(=C\c3cccn3-c3ccc(OC)cc3)C2=O)cc1. The molecule has 1 N–H and O–H groups in total. The van der Waals surface area contributed by atoms with Crippen molar-refractivity contribution in [3.8, 4) is 17.2 Å². The van der Waals surface area contributed by atoms with Crippen molar-refractivity contribution in [2.75, 3.05) is 19.1 Å². The van der Waals surface area contributed by atoms with Gasteiger partial charge in [-0.1, -0.05) is 0 Å². The van der Waals surface area contributed by atoms with Gasteiger partial charge in [0.2, 0.25) is 0 Å². The summed E-state index contributed by atoms with van der Waals surface area (Å²) in [6.45, 7) is 0. The zero-order valence-corrected chi connectivity index (χ0v) is 16.9. The summed E-state index contributed by atoms with van der Waals surface area (Å²) in [5.74, 6) is -0.160. The van der Waals surface area contributed by atoms with Crippen LogP contribution in [-0.4, -0.2) is 36.6 Å². The highest BCUT2D eigenvalue weighted by Crippen LogP contribution is 2.25. The van der Waals surface area contributed by atoms with Gasteiger partial charge in [0, 0.05) is 17.6 Å². The molecule has 1 aliphatic heterocycles. The van der Waals surface area contributed by atoms with Crippen LogP contribution in [-0.2, 0) is 9.59 Å². The van der Waals surface area contributed by atoms with Gasteiger partial charge in [0.25, 0.3) is 11.8 Å². The number of nitrogens with one attached hydrogen (secondary N) is 1. The third kappa shape index (κ3) is 3.78. The van der Waals surface area contributed by atoms with Gasteiger partial charge in [-0.25, -0.2) is 9.69 Å². The Morgan fingerprint density at radius 3 is 1.97 bits per heavy atom. The van der Waals surface area contributed by atoms with Crippen LogP contribution in [0.25, 0.3) is 11.8 Å². The summed E-state index contributed by atoms with van der Waals surface area (Å²) in [4.78, 5) is 38.8. The van der Waals surface area contributed by atoms with E-state index >= 15 is 0 Å². The highest BCUT2D eigenvalue weighted by Gasteiger charge is 2.37. The van der Waals surface area contributed by atoms with E-state index in [1.165, 1.54) is 13.2 Å². The van der Waals surface area contributed by atoms with E-state index in [4.69, 9.17) is 9.47 Å². The molecule has 8 heteroatoms. The van der Waals surface area contributed by atoms with Gasteiger partial charge in [-0.3, -0.25) is 14.9 Å². The monoisotopic (exact) mass is 417 g/mol. The van der Waals surface area contributed by atoms with Crippen LogP contribution in [0.15, 0.2) is 72.4 Å². The number of urea groups is 1. The summed E-state index contributed by atoms with van der Waals surface area (Å²) >= 11 is 0. The Labute approximate surface area is 178 Å². The second-order valence-corrected chi connectivity index (χ2v) is 6.66. The number of nitrogens with zero attached hydrogens (tertiary/aromatic N) is 2. The van der Waals surface area contributed by atoms with Gasteiger partial charge in [-0.2, -0.15) is 0 Å². The largest absolute Gasteiger partial charge is 0.497 e. The Balaban J connectivity index is 1.70. The van der Waals surface area contributed by atoms with E-state index in [2.05, 4.69) is 5.32 Å². The second kappa shape index (κ2) is 8.19. The van der Waals surface area contributed by atoms with Gasteiger partial charge in [0.15, 0.2) is 0 Å². The predicted molar refractivity (Wildman–Crippen MR) is 114 cm³/mol. The molecule has 0 spiro atoms. The maximum absolute atomic E-state index is 13.1. The molecule has 0 aliphatic carbocycles. The first-order valence-electron chi connectivity index (χ1n) is 9.39. The number of benzene rings is 2. The van der Waals surface area contributed by atoms with E-state index in [0.29, 0.717) is 22.9 Å². The maximum atomic E-state index is 13.1. The number of ether oxygens (including phenoxy) is 2. The number of hydrogen-bond donors (Lipinski definition) is 1. The number of aromatic nitrogens is 1. The lowest BCUT2D eigenvalue weighted by Gasteiger charge is -2.26. The highest BCUT2D eigenvalue weighted by molar-refractivity contribution is 6.39. The van der Waals surface area contributed by atoms with Gasteiger partial charge in [0.1, 0.15) is 17.1 Å². The van der Waals surface area contributed by atoms with Crippen molar-refractivity contribution in [1.29, 1.82) is 0 Å². The van der Waals surface area contributed by atoms with Crippen LogP contribution in [0.1, 0.15) is 5.69 Å². The van der Waals surface area contributed by atoms with Crippen molar-refractivity contribution < 1.29 is 23.9 Å². The molecule has 4 amide bonds. The number of rotatable bonds is 5. The average molecular weight is 417 g/mol. The van der Waals surface area contributed by atoms with E-state index in [-0.39, 0.29) is 5.57 Å².